The molecule has 2 rings (SSSR count). The molecule has 0 radical (unpaired) electrons. The number of nitrogens with one attached hydrogen (secondary N) is 1. The van der Waals surface area contributed by atoms with Gasteiger partial charge in [-0.1, -0.05) is 26.3 Å². The fourth-order valence-electron chi connectivity index (χ4n) is 2.65. The molecule has 0 aromatic carbocycles. The highest BCUT2D eigenvalue weighted by Gasteiger charge is 2.26. The first kappa shape index (κ1) is 20.1. The van der Waals surface area contributed by atoms with Gasteiger partial charge in [-0.2, -0.15) is 0 Å². The van der Waals surface area contributed by atoms with Crippen molar-refractivity contribution in [3.63, 3.8) is 0 Å². The molecule has 1 saturated heterocycles. The Morgan fingerprint density at radius 1 is 1.30 bits per heavy atom. The molecule has 2 atom stereocenters. The van der Waals surface area contributed by atoms with Gasteiger partial charge in [0.15, 0.2) is 0 Å². The lowest BCUT2D eigenvalue weighted by Gasteiger charge is -2.38. The molecule has 20 heavy (non-hydrogen) atoms. The average molecular weight is 385 g/mol. The first-order valence-corrected chi connectivity index (χ1v) is 7.58. The van der Waals surface area contributed by atoms with E-state index in [0.29, 0.717) is 12.0 Å². The highest BCUT2D eigenvalue weighted by molar-refractivity contribution is 9.10. The molecule has 0 spiro atoms. The highest BCUT2D eigenvalue weighted by Crippen LogP contribution is 2.30. The molecule has 0 aliphatic carbocycles. The summed E-state index contributed by atoms with van der Waals surface area (Å²) in [6.07, 6.45) is 3.22. The largest absolute Gasteiger partial charge is 0.314 e. The van der Waals surface area contributed by atoms with Crippen LogP contribution in [-0.4, -0.2) is 36.1 Å². The van der Waals surface area contributed by atoms with Gasteiger partial charge in [0.2, 0.25) is 0 Å². The molecule has 1 aromatic rings. The van der Waals surface area contributed by atoms with E-state index in [0.717, 1.165) is 30.8 Å². The van der Waals surface area contributed by atoms with E-state index in [4.69, 9.17) is 0 Å². The van der Waals surface area contributed by atoms with Crippen molar-refractivity contribution in [2.75, 3.05) is 26.2 Å². The Kier molecular flexibility index (Phi) is 10.0. The van der Waals surface area contributed by atoms with Crippen molar-refractivity contribution in [2.45, 2.75) is 26.3 Å². The molecule has 6 heteroatoms. The van der Waals surface area contributed by atoms with Gasteiger partial charge in [-0.3, -0.25) is 4.90 Å². The minimum atomic E-state index is 0. The van der Waals surface area contributed by atoms with Crippen LogP contribution in [0.25, 0.3) is 0 Å². The summed E-state index contributed by atoms with van der Waals surface area (Å²) in [5, 5.41) is 3.42. The van der Waals surface area contributed by atoms with Gasteiger partial charge in [-0.25, -0.2) is 4.98 Å². The van der Waals surface area contributed by atoms with E-state index in [1.807, 2.05) is 12.3 Å². The van der Waals surface area contributed by atoms with Gasteiger partial charge in [-0.15, -0.1) is 24.8 Å². The second-order valence-electron chi connectivity index (χ2n) is 5.03. The number of piperazine rings is 1. The van der Waals surface area contributed by atoms with Crippen LogP contribution in [0.15, 0.2) is 22.9 Å². The molecule has 1 unspecified atom stereocenters. The molecule has 0 saturated carbocycles. The second kappa shape index (κ2) is 9.96. The minimum Gasteiger partial charge on any atom is -0.314 e. The lowest BCUT2D eigenvalue weighted by Crippen LogP contribution is -2.46. The van der Waals surface area contributed by atoms with Gasteiger partial charge >= 0.3 is 0 Å². The van der Waals surface area contributed by atoms with Gasteiger partial charge in [0.25, 0.3) is 0 Å². The lowest BCUT2D eigenvalue weighted by atomic mass is 9.91. The van der Waals surface area contributed by atoms with Gasteiger partial charge in [0.1, 0.15) is 4.60 Å². The fourth-order valence-corrected chi connectivity index (χ4v) is 2.88. The molecule has 3 nitrogen and oxygen atoms in total. The van der Waals surface area contributed by atoms with E-state index in [1.165, 1.54) is 12.0 Å². The zero-order valence-electron chi connectivity index (χ0n) is 12.0. The first-order valence-electron chi connectivity index (χ1n) is 6.78. The molecule has 1 aromatic heterocycles. The number of nitrogens with zero attached hydrogens (tertiary/aromatic N) is 2. The number of hydrogen-bond acceptors (Lipinski definition) is 3. The van der Waals surface area contributed by atoms with Gasteiger partial charge in [0, 0.05) is 38.4 Å². The maximum absolute atomic E-state index is 4.39. The molecular formula is C14H24BrCl2N3. The van der Waals surface area contributed by atoms with Crippen molar-refractivity contribution in [1.82, 2.24) is 15.2 Å². The Morgan fingerprint density at radius 2 is 1.95 bits per heavy atom. The average Bonchev–Trinajstić information content (AvgIpc) is 2.42. The monoisotopic (exact) mass is 383 g/mol. The van der Waals surface area contributed by atoms with Crippen molar-refractivity contribution in [1.29, 1.82) is 0 Å². The molecule has 1 fully saturated rings. The van der Waals surface area contributed by atoms with Crippen LogP contribution < -0.4 is 5.32 Å². The van der Waals surface area contributed by atoms with E-state index < -0.39 is 0 Å². The molecule has 0 amide bonds. The molecule has 1 aliphatic heterocycles. The third-order valence-electron chi connectivity index (χ3n) is 3.82. The Balaban J connectivity index is 0.00000180. The van der Waals surface area contributed by atoms with E-state index in [1.54, 1.807) is 0 Å². The smallest absolute Gasteiger partial charge is 0.106 e. The summed E-state index contributed by atoms with van der Waals surface area (Å²) in [4.78, 5) is 6.98. The SMILES string of the molecule is CCC(C)[C@H](c1ccc(Br)nc1)N1CCNCC1.Cl.Cl. The summed E-state index contributed by atoms with van der Waals surface area (Å²) >= 11 is 3.41. The first-order chi connectivity index (χ1) is 8.72. The van der Waals surface area contributed by atoms with Crippen LogP contribution in [0.4, 0.5) is 0 Å². The van der Waals surface area contributed by atoms with E-state index in [9.17, 15) is 0 Å². The maximum Gasteiger partial charge on any atom is 0.106 e. The second-order valence-corrected chi connectivity index (χ2v) is 5.84. The van der Waals surface area contributed by atoms with E-state index >= 15 is 0 Å². The molecule has 1 aliphatic rings. The maximum atomic E-state index is 4.39. The molecule has 1 N–H and O–H groups in total. The van der Waals surface area contributed by atoms with Crippen LogP contribution in [-0.2, 0) is 0 Å². The van der Waals surface area contributed by atoms with Gasteiger partial charge < -0.3 is 5.32 Å². The summed E-state index contributed by atoms with van der Waals surface area (Å²) in [5.41, 5.74) is 1.34. The summed E-state index contributed by atoms with van der Waals surface area (Å²) < 4.78 is 0.912. The minimum absolute atomic E-state index is 0. The number of hydrogen-bond donors (Lipinski definition) is 1. The van der Waals surface area contributed by atoms with Crippen LogP contribution in [0, 0.1) is 5.92 Å². The zero-order valence-corrected chi connectivity index (χ0v) is 15.2. The van der Waals surface area contributed by atoms with Crippen LogP contribution in [0.5, 0.6) is 0 Å². The predicted octanol–water partition coefficient (Wildman–Crippen LogP) is 3.68. The standard InChI is InChI=1S/C14H22BrN3.2ClH/c1-3-11(2)14(18-8-6-16-7-9-18)12-4-5-13(15)17-10-12;;/h4-5,10-11,14,16H,3,6-9H2,1-2H3;2*1H/t11?,14-;;/m1../s1. The van der Waals surface area contributed by atoms with Crippen molar-refractivity contribution in [3.05, 3.63) is 28.5 Å². The number of aromatic nitrogens is 1. The van der Waals surface area contributed by atoms with Gasteiger partial charge in [-0.05, 0) is 33.5 Å². The predicted molar refractivity (Wildman–Crippen MR) is 93.1 cm³/mol. The summed E-state index contributed by atoms with van der Waals surface area (Å²) in [5.74, 6) is 0.658. The number of halogens is 3. The van der Waals surface area contributed by atoms with E-state index in [-0.39, 0.29) is 24.8 Å². The Bertz CT molecular complexity index is 369. The van der Waals surface area contributed by atoms with Crippen LogP contribution >= 0.6 is 40.7 Å². The third-order valence-corrected chi connectivity index (χ3v) is 4.29. The lowest BCUT2D eigenvalue weighted by molar-refractivity contribution is 0.128. The summed E-state index contributed by atoms with van der Waals surface area (Å²) in [6.45, 7) is 9.06. The fraction of sp³-hybridized carbons (Fsp3) is 0.643. The van der Waals surface area contributed by atoms with Crippen molar-refractivity contribution in [3.8, 4) is 0 Å². The van der Waals surface area contributed by atoms with Crippen molar-refractivity contribution < 1.29 is 0 Å². The Morgan fingerprint density at radius 3 is 2.45 bits per heavy atom. The Labute approximate surface area is 142 Å². The molecule has 2 heterocycles. The topological polar surface area (TPSA) is 28.2 Å². The van der Waals surface area contributed by atoms with E-state index in [2.05, 4.69) is 51.0 Å². The molecule has 0 bridgehead atoms. The van der Waals surface area contributed by atoms with Crippen LogP contribution in [0.2, 0.25) is 0 Å². The van der Waals surface area contributed by atoms with Crippen molar-refractivity contribution in [2.24, 2.45) is 5.92 Å². The van der Waals surface area contributed by atoms with Crippen LogP contribution in [0.1, 0.15) is 31.9 Å². The van der Waals surface area contributed by atoms with Crippen molar-refractivity contribution >= 4 is 40.7 Å². The quantitative estimate of drug-likeness (QED) is 0.802. The van der Waals surface area contributed by atoms with Crippen LogP contribution in [0.3, 0.4) is 0 Å². The summed E-state index contributed by atoms with van der Waals surface area (Å²) in [6, 6.07) is 4.75. The Hall–Kier alpha value is 0.130. The normalized spacial score (nSPS) is 18.6. The third kappa shape index (κ3) is 5.15. The van der Waals surface area contributed by atoms with Gasteiger partial charge in [0.05, 0.1) is 0 Å². The molecular weight excluding hydrogens is 361 g/mol. The molecule has 116 valence electrons. The number of pyridine rings is 1. The number of rotatable bonds is 4. The highest BCUT2D eigenvalue weighted by atomic mass is 79.9. The summed E-state index contributed by atoms with van der Waals surface area (Å²) in [7, 11) is 0. The zero-order chi connectivity index (χ0) is 13.0.